The molecule has 1 rings (SSSR count). The number of hydrogen-bond acceptors (Lipinski definition) is 4. The second-order valence-electron chi connectivity index (χ2n) is 2.02. The summed E-state index contributed by atoms with van der Waals surface area (Å²) in [6, 6.07) is 0. The number of nitrogens with one attached hydrogen (secondary N) is 1. The molecular weight excluding hydrogens is 175 g/mol. The maximum atomic E-state index is 11.9. The van der Waals surface area contributed by atoms with Gasteiger partial charge < -0.3 is 0 Å². The van der Waals surface area contributed by atoms with Crippen LogP contribution in [0.3, 0.4) is 0 Å². The summed E-state index contributed by atoms with van der Waals surface area (Å²) >= 11 is 0. The van der Waals surface area contributed by atoms with Crippen molar-refractivity contribution in [2.45, 2.75) is 6.18 Å². The topological polar surface area (TPSA) is 68.8 Å². The van der Waals surface area contributed by atoms with Crippen molar-refractivity contribution >= 4 is 5.95 Å². The van der Waals surface area contributed by atoms with Crippen LogP contribution in [0.4, 0.5) is 19.1 Å². The number of aryl methyl sites for hydroxylation is 1. The average molecular weight is 181 g/mol. The van der Waals surface area contributed by atoms with Crippen LogP contribution in [0.25, 0.3) is 0 Å². The molecule has 0 radical (unpaired) electrons. The van der Waals surface area contributed by atoms with Crippen LogP contribution in [0.15, 0.2) is 0 Å². The largest absolute Gasteiger partial charge is 0.453 e. The quantitative estimate of drug-likeness (QED) is 0.477. The molecule has 3 N–H and O–H groups in total. The van der Waals surface area contributed by atoms with E-state index in [9.17, 15) is 13.2 Å². The first-order valence-corrected chi connectivity index (χ1v) is 2.90. The molecule has 0 unspecified atom stereocenters. The van der Waals surface area contributed by atoms with Crippen LogP contribution < -0.4 is 11.3 Å². The number of nitrogen functional groups attached to an aromatic ring is 1. The number of aromatic nitrogens is 3. The van der Waals surface area contributed by atoms with Crippen molar-refractivity contribution in [2.24, 2.45) is 12.9 Å². The highest BCUT2D eigenvalue weighted by atomic mass is 19.4. The van der Waals surface area contributed by atoms with Crippen LogP contribution in [-0.2, 0) is 13.2 Å². The maximum Gasteiger partial charge on any atom is 0.453 e. The Kier molecular flexibility index (Phi) is 1.92. The highest BCUT2D eigenvalue weighted by Gasteiger charge is 2.36. The van der Waals surface area contributed by atoms with Crippen molar-refractivity contribution in [3.05, 3.63) is 5.82 Å². The Morgan fingerprint density at radius 1 is 1.50 bits per heavy atom. The summed E-state index contributed by atoms with van der Waals surface area (Å²) in [7, 11) is 1.30. The summed E-state index contributed by atoms with van der Waals surface area (Å²) in [5.74, 6) is 3.52. The minimum Gasteiger partial charge on any atom is -0.293 e. The Bertz CT molecular complexity index is 277. The van der Waals surface area contributed by atoms with Crippen LogP contribution in [0.5, 0.6) is 0 Å². The van der Waals surface area contributed by atoms with Gasteiger partial charge in [0.1, 0.15) is 0 Å². The van der Waals surface area contributed by atoms with E-state index in [0.29, 0.717) is 0 Å². The number of nitrogens with two attached hydrogens (primary N) is 1. The minimum atomic E-state index is -4.53. The van der Waals surface area contributed by atoms with Gasteiger partial charge in [0.25, 0.3) is 5.82 Å². The van der Waals surface area contributed by atoms with E-state index in [4.69, 9.17) is 5.84 Å². The molecular formula is C4H6F3N5. The van der Waals surface area contributed by atoms with Crippen LogP contribution in [0.1, 0.15) is 5.82 Å². The normalized spacial score (nSPS) is 11.8. The van der Waals surface area contributed by atoms with Crippen LogP contribution in [-0.4, -0.2) is 14.8 Å². The lowest BCUT2D eigenvalue weighted by molar-refractivity contribution is -0.144. The molecule has 0 spiro atoms. The van der Waals surface area contributed by atoms with Gasteiger partial charge in [-0.2, -0.15) is 18.2 Å². The zero-order chi connectivity index (χ0) is 9.35. The molecule has 68 valence electrons. The predicted molar refractivity (Wildman–Crippen MR) is 33.8 cm³/mol. The summed E-state index contributed by atoms with van der Waals surface area (Å²) in [5, 5.41) is 3.09. The molecule has 1 aromatic rings. The lowest BCUT2D eigenvalue weighted by Crippen LogP contribution is -2.11. The molecule has 0 amide bonds. The Morgan fingerprint density at radius 2 is 2.08 bits per heavy atom. The third-order valence-corrected chi connectivity index (χ3v) is 1.15. The molecule has 0 aliphatic heterocycles. The second-order valence-corrected chi connectivity index (χ2v) is 2.02. The Morgan fingerprint density at radius 3 is 2.33 bits per heavy atom. The third kappa shape index (κ3) is 1.47. The van der Waals surface area contributed by atoms with Gasteiger partial charge in [-0.1, -0.05) is 0 Å². The fourth-order valence-electron chi connectivity index (χ4n) is 0.630. The molecule has 0 bridgehead atoms. The number of rotatable bonds is 1. The zero-order valence-electron chi connectivity index (χ0n) is 6.05. The molecule has 1 aromatic heterocycles. The Labute approximate surface area is 65.3 Å². The van der Waals surface area contributed by atoms with E-state index in [1.807, 2.05) is 5.43 Å². The Hall–Kier alpha value is -1.31. The first-order chi connectivity index (χ1) is 5.45. The zero-order valence-corrected chi connectivity index (χ0v) is 6.05. The number of halogens is 3. The van der Waals surface area contributed by atoms with E-state index in [2.05, 4.69) is 10.1 Å². The standard InChI is InChI=1S/C4H6F3N5/c1-12-3(10-8)9-2(11-12)4(5,6)7/h8H2,1H3,(H,9,10,11). The summed E-state index contributed by atoms with van der Waals surface area (Å²) in [4.78, 5) is 3.09. The van der Waals surface area contributed by atoms with E-state index < -0.39 is 12.0 Å². The summed E-state index contributed by atoms with van der Waals surface area (Å²) in [6.45, 7) is 0. The summed E-state index contributed by atoms with van der Waals surface area (Å²) in [5.41, 5.74) is 1.98. The van der Waals surface area contributed by atoms with Gasteiger partial charge in [-0.25, -0.2) is 10.5 Å². The molecule has 0 saturated carbocycles. The number of hydrogen-bond donors (Lipinski definition) is 2. The van der Waals surface area contributed by atoms with E-state index in [1.165, 1.54) is 7.05 Å². The highest BCUT2D eigenvalue weighted by molar-refractivity contribution is 5.22. The summed E-state index contributed by atoms with van der Waals surface area (Å²) in [6.07, 6.45) is -4.53. The molecule has 0 atom stereocenters. The first-order valence-electron chi connectivity index (χ1n) is 2.90. The smallest absolute Gasteiger partial charge is 0.293 e. The molecule has 5 nitrogen and oxygen atoms in total. The van der Waals surface area contributed by atoms with Gasteiger partial charge in [0.05, 0.1) is 0 Å². The van der Waals surface area contributed by atoms with E-state index in [0.717, 1.165) is 4.68 Å². The van der Waals surface area contributed by atoms with Crippen LogP contribution >= 0.6 is 0 Å². The van der Waals surface area contributed by atoms with Crippen molar-refractivity contribution in [1.29, 1.82) is 0 Å². The monoisotopic (exact) mass is 181 g/mol. The molecule has 12 heavy (non-hydrogen) atoms. The summed E-state index contributed by atoms with van der Waals surface area (Å²) < 4.78 is 36.6. The van der Waals surface area contributed by atoms with E-state index >= 15 is 0 Å². The van der Waals surface area contributed by atoms with Crippen LogP contribution in [0, 0.1) is 0 Å². The van der Waals surface area contributed by atoms with Crippen molar-refractivity contribution in [3.63, 3.8) is 0 Å². The fraction of sp³-hybridized carbons (Fsp3) is 0.500. The number of hydrazine groups is 1. The predicted octanol–water partition coefficient (Wildman–Crippen LogP) is 0.119. The number of anilines is 1. The van der Waals surface area contributed by atoms with Crippen molar-refractivity contribution in [2.75, 3.05) is 5.43 Å². The van der Waals surface area contributed by atoms with Crippen molar-refractivity contribution in [1.82, 2.24) is 14.8 Å². The SMILES string of the molecule is Cn1nc(C(F)(F)F)nc1NN. The first kappa shape index (κ1) is 8.78. The van der Waals surface area contributed by atoms with Crippen molar-refractivity contribution < 1.29 is 13.2 Å². The van der Waals surface area contributed by atoms with E-state index in [1.54, 1.807) is 0 Å². The van der Waals surface area contributed by atoms with Gasteiger partial charge in [-0.15, -0.1) is 5.10 Å². The van der Waals surface area contributed by atoms with Crippen molar-refractivity contribution in [3.8, 4) is 0 Å². The molecule has 0 fully saturated rings. The van der Waals surface area contributed by atoms with Crippen LogP contribution in [0.2, 0.25) is 0 Å². The third-order valence-electron chi connectivity index (χ3n) is 1.15. The molecule has 0 aromatic carbocycles. The number of alkyl halides is 3. The van der Waals surface area contributed by atoms with Gasteiger partial charge in [0, 0.05) is 7.05 Å². The fourth-order valence-corrected chi connectivity index (χ4v) is 0.630. The molecule has 0 aliphatic carbocycles. The molecule has 1 heterocycles. The van der Waals surface area contributed by atoms with E-state index in [-0.39, 0.29) is 5.95 Å². The minimum absolute atomic E-state index is 0.137. The maximum absolute atomic E-state index is 11.9. The molecule has 0 aliphatic rings. The van der Waals surface area contributed by atoms with Gasteiger partial charge >= 0.3 is 6.18 Å². The average Bonchev–Trinajstić information content (AvgIpc) is 2.29. The second kappa shape index (κ2) is 2.63. The van der Waals surface area contributed by atoms with Gasteiger partial charge in [-0.05, 0) is 0 Å². The number of nitrogens with zero attached hydrogens (tertiary/aromatic N) is 3. The highest BCUT2D eigenvalue weighted by Crippen LogP contribution is 2.26. The lowest BCUT2D eigenvalue weighted by atomic mass is 10.6. The molecule has 8 heteroatoms. The van der Waals surface area contributed by atoms with Gasteiger partial charge in [0.15, 0.2) is 0 Å². The lowest BCUT2D eigenvalue weighted by Gasteiger charge is -1.97. The molecule has 0 saturated heterocycles. The van der Waals surface area contributed by atoms with Gasteiger partial charge in [-0.3, -0.25) is 5.43 Å². The van der Waals surface area contributed by atoms with Gasteiger partial charge in [0.2, 0.25) is 5.95 Å². The Balaban J connectivity index is 3.05.